The SMILES string of the molecule is CS(=O)(=O)c1cc(C(=O)Nc2cccc3c2OCCC3)co1. The largest absolute Gasteiger partial charge is 0.491 e. The number of amides is 1. The fourth-order valence-corrected chi connectivity index (χ4v) is 2.88. The number of furan rings is 1. The van der Waals surface area contributed by atoms with Gasteiger partial charge in [-0.2, -0.15) is 0 Å². The molecular formula is C15H15NO5S. The molecule has 0 radical (unpaired) electrons. The Labute approximate surface area is 128 Å². The zero-order valence-corrected chi connectivity index (χ0v) is 12.8. The highest BCUT2D eigenvalue weighted by Gasteiger charge is 2.19. The molecule has 3 rings (SSSR count). The van der Waals surface area contributed by atoms with Crippen LogP contribution in [0.5, 0.6) is 5.75 Å². The van der Waals surface area contributed by atoms with E-state index in [9.17, 15) is 13.2 Å². The van der Waals surface area contributed by atoms with Crippen molar-refractivity contribution in [3.63, 3.8) is 0 Å². The number of sulfone groups is 1. The number of rotatable bonds is 3. The van der Waals surface area contributed by atoms with Crippen molar-refractivity contribution in [2.75, 3.05) is 18.2 Å². The highest BCUT2D eigenvalue weighted by atomic mass is 32.2. The molecule has 2 aromatic rings. The topological polar surface area (TPSA) is 85.6 Å². The highest BCUT2D eigenvalue weighted by molar-refractivity contribution is 7.90. The van der Waals surface area contributed by atoms with Crippen molar-refractivity contribution in [1.29, 1.82) is 0 Å². The van der Waals surface area contributed by atoms with Crippen LogP contribution in [-0.2, 0) is 16.3 Å². The number of benzene rings is 1. The molecule has 1 amide bonds. The lowest BCUT2D eigenvalue weighted by atomic mass is 10.1. The van der Waals surface area contributed by atoms with Gasteiger partial charge in [-0.1, -0.05) is 12.1 Å². The van der Waals surface area contributed by atoms with Crippen molar-refractivity contribution in [2.45, 2.75) is 17.9 Å². The van der Waals surface area contributed by atoms with E-state index >= 15 is 0 Å². The zero-order valence-electron chi connectivity index (χ0n) is 12.0. The van der Waals surface area contributed by atoms with Crippen molar-refractivity contribution < 1.29 is 22.4 Å². The number of hydrogen-bond acceptors (Lipinski definition) is 5. The summed E-state index contributed by atoms with van der Waals surface area (Å²) in [5, 5.41) is 2.50. The lowest BCUT2D eigenvalue weighted by Crippen LogP contribution is -2.15. The third-order valence-electron chi connectivity index (χ3n) is 3.38. The third-order valence-corrected chi connectivity index (χ3v) is 4.33. The second-order valence-electron chi connectivity index (χ2n) is 5.13. The van der Waals surface area contributed by atoms with Gasteiger partial charge in [0.05, 0.1) is 17.9 Å². The normalized spacial score (nSPS) is 14.0. The van der Waals surface area contributed by atoms with Crippen molar-refractivity contribution in [1.82, 2.24) is 0 Å². The minimum Gasteiger partial charge on any atom is -0.491 e. The average molecular weight is 321 g/mol. The minimum absolute atomic E-state index is 0.147. The Hall–Kier alpha value is -2.28. The van der Waals surface area contributed by atoms with E-state index in [4.69, 9.17) is 9.15 Å². The molecule has 1 aromatic carbocycles. The van der Waals surface area contributed by atoms with Crippen molar-refractivity contribution in [2.24, 2.45) is 0 Å². The Kier molecular flexibility index (Phi) is 3.66. The Morgan fingerprint density at radius 1 is 1.32 bits per heavy atom. The van der Waals surface area contributed by atoms with Gasteiger partial charge in [-0.25, -0.2) is 8.42 Å². The van der Waals surface area contributed by atoms with E-state index in [1.54, 1.807) is 6.07 Å². The standard InChI is InChI=1S/C15H15NO5S/c1-22(18,19)13-8-11(9-21-13)15(17)16-12-6-2-4-10-5-3-7-20-14(10)12/h2,4,6,8-9H,3,5,7H2,1H3,(H,16,17). The van der Waals surface area contributed by atoms with E-state index < -0.39 is 15.7 Å². The molecular weight excluding hydrogens is 306 g/mol. The summed E-state index contributed by atoms with van der Waals surface area (Å²) in [4.78, 5) is 12.2. The highest BCUT2D eigenvalue weighted by Crippen LogP contribution is 2.33. The summed E-state index contributed by atoms with van der Waals surface area (Å²) >= 11 is 0. The van der Waals surface area contributed by atoms with E-state index in [0.717, 1.165) is 30.9 Å². The van der Waals surface area contributed by atoms with E-state index in [-0.39, 0.29) is 10.7 Å². The molecule has 7 heteroatoms. The summed E-state index contributed by atoms with van der Waals surface area (Å²) in [6.45, 7) is 0.615. The van der Waals surface area contributed by atoms with Crippen molar-refractivity contribution >= 4 is 21.4 Å². The minimum atomic E-state index is -3.47. The molecule has 0 aliphatic carbocycles. The molecule has 0 fully saturated rings. The van der Waals surface area contributed by atoms with E-state index in [1.165, 1.54) is 6.07 Å². The molecule has 0 unspecified atom stereocenters. The van der Waals surface area contributed by atoms with Crippen LogP contribution in [0.15, 0.2) is 40.0 Å². The number of nitrogens with one attached hydrogen (secondary N) is 1. The summed E-state index contributed by atoms with van der Waals surface area (Å²) in [5.41, 5.74) is 1.77. The van der Waals surface area contributed by atoms with E-state index in [1.807, 2.05) is 12.1 Å². The fourth-order valence-electron chi connectivity index (χ4n) is 2.31. The van der Waals surface area contributed by atoms with Gasteiger partial charge >= 0.3 is 0 Å². The van der Waals surface area contributed by atoms with Gasteiger partial charge in [0.2, 0.25) is 14.9 Å². The van der Waals surface area contributed by atoms with Gasteiger partial charge in [0, 0.05) is 12.3 Å². The molecule has 0 saturated carbocycles. The van der Waals surface area contributed by atoms with Gasteiger partial charge in [0.1, 0.15) is 12.0 Å². The van der Waals surface area contributed by atoms with Gasteiger partial charge in [-0.05, 0) is 24.5 Å². The monoisotopic (exact) mass is 321 g/mol. The Balaban J connectivity index is 1.85. The Bertz CT molecular complexity index is 822. The number of aryl methyl sites for hydroxylation is 1. The Morgan fingerprint density at radius 2 is 2.14 bits per heavy atom. The maximum absolute atomic E-state index is 12.2. The number of carbonyl (C=O) groups is 1. The molecule has 0 spiro atoms. The molecule has 1 N–H and O–H groups in total. The maximum atomic E-state index is 12.2. The number of ether oxygens (including phenoxy) is 1. The lowest BCUT2D eigenvalue weighted by Gasteiger charge is -2.20. The molecule has 0 bridgehead atoms. The van der Waals surface area contributed by atoms with Crippen LogP contribution in [0.1, 0.15) is 22.3 Å². The van der Waals surface area contributed by atoms with Crippen LogP contribution >= 0.6 is 0 Å². The summed E-state index contributed by atoms with van der Waals surface area (Å²) < 4.78 is 33.3. The predicted octanol–water partition coefficient (Wildman–Crippen LogP) is 2.26. The molecule has 1 aromatic heterocycles. The van der Waals surface area contributed by atoms with Crippen LogP contribution in [0.3, 0.4) is 0 Å². The molecule has 0 atom stereocenters. The molecule has 22 heavy (non-hydrogen) atoms. The predicted molar refractivity (Wildman–Crippen MR) is 80.0 cm³/mol. The van der Waals surface area contributed by atoms with E-state index in [2.05, 4.69) is 5.32 Å². The number of carbonyl (C=O) groups excluding carboxylic acids is 1. The number of hydrogen-bond donors (Lipinski definition) is 1. The number of para-hydroxylation sites is 1. The molecule has 116 valence electrons. The first-order chi connectivity index (χ1) is 10.4. The Morgan fingerprint density at radius 3 is 2.86 bits per heavy atom. The second-order valence-corrected chi connectivity index (χ2v) is 7.07. The van der Waals surface area contributed by atoms with Crippen molar-refractivity contribution in [3.05, 3.63) is 41.7 Å². The van der Waals surface area contributed by atoms with Crippen LogP contribution in [0.2, 0.25) is 0 Å². The van der Waals surface area contributed by atoms with Gasteiger partial charge in [0.25, 0.3) is 5.91 Å². The first kappa shape index (κ1) is 14.6. The third kappa shape index (κ3) is 2.85. The van der Waals surface area contributed by atoms with Crippen LogP contribution in [0, 0.1) is 0 Å². The van der Waals surface area contributed by atoms with Crippen LogP contribution in [0.4, 0.5) is 5.69 Å². The molecule has 0 saturated heterocycles. The average Bonchev–Trinajstić information content (AvgIpc) is 2.98. The molecule has 2 heterocycles. The smallest absolute Gasteiger partial charge is 0.259 e. The van der Waals surface area contributed by atoms with Crippen LogP contribution in [-0.4, -0.2) is 27.2 Å². The first-order valence-corrected chi connectivity index (χ1v) is 8.69. The zero-order chi connectivity index (χ0) is 15.7. The summed E-state index contributed by atoms with van der Waals surface area (Å²) in [7, 11) is -3.47. The summed E-state index contributed by atoms with van der Waals surface area (Å²) in [5.74, 6) is 0.232. The fraction of sp³-hybridized carbons (Fsp3) is 0.267. The second kappa shape index (κ2) is 5.49. The quantitative estimate of drug-likeness (QED) is 0.937. The summed E-state index contributed by atoms with van der Waals surface area (Å²) in [6.07, 6.45) is 4.00. The number of anilines is 1. The number of fused-ring (bicyclic) bond motifs is 1. The lowest BCUT2D eigenvalue weighted by molar-refractivity contribution is 0.102. The van der Waals surface area contributed by atoms with E-state index in [0.29, 0.717) is 18.0 Å². The van der Waals surface area contributed by atoms with Crippen molar-refractivity contribution in [3.8, 4) is 5.75 Å². The molecule has 6 nitrogen and oxygen atoms in total. The molecule has 1 aliphatic heterocycles. The molecule has 1 aliphatic rings. The van der Waals surface area contributed by atoms with Crippen LogP contribution < -0.4 is 10.1 Å². The maximum Gasteiger partial charge on any atom is 0.259 e. The summed E-state index contributed by atoms with van der Waals surface area (Å²) in [6, 6.07) is 6.77. The van der Waals surface area contributed by atoms with Crippen LogP contribution in [0.25, 0.3) is 0 Å². The van der Waals surface area contributed by atoms with Gasteiger partial charge in [-0.15, -0.1) is 0 Å². The van der Waals surface area contributed by atoms with Gasteiger partial charge in [-0.3, -0.25) is 4.79 Å². The van der Waals surface area contributed by atoms with Gasteiger partial charge in [0.15, 0.2) is 0 Å². The first-order valence-electron chi connectivity index (χ1n) is 6.80. The van der Waals surface area contributed by atoms with Gasteiger partial charge < -0.3 is 14.5 Å².